The van der Waals surface area contributed by atoms with Gasteiger partial charge in [0.05, 0.1) is 12.2 Å². The van der Waals surface area contributed by atoms with E-state index in [-0.39, 0.29) is 29.5 Å². The minimum absolute atomic E-state index is 0.107. The first-order valence-corrected chi connectivity index (χ1v) is 8.34. The van der Waals surface area contributed by atoms with Gasteiger partial charge in [0.15, 0.2) is 0 Å². The van der Waals surface area contributed by atoms with Crippen molar-refractivity contribution in [3.63, 3.8) is 0 Å². The smallest absolute Gasteiger partial charge is 0.266 e. The second kappa shape index (κ2) is 7.79. The van der Waals surface area contributed by atoms with Crippen molar-refractivity contribution in [2.24, 2.45) is 0 Å². The zero-order valence-corrected chi connectivity index (χ0v) is 15.0. The summed E-state index contributed by atoms with van der Waals surface area (Å²) in [6.45, 7) is 7.62. The number of nitrogens with one attached hydrogen (secondary N) is 2. The molecular weight excluding hydrogens is 318 g/mol. The predicted molar refractivity (Wildman–Crippen MR) is 95.4 cm³/mol. The zero-order chi connectivity index (χ0) is 18.6. The maximum absolute atomic E-state index is 12.3. The van der Waals surface area contributed by atoms with Gasteiger partial charge in [-0.25, -0.2) is 4.68 Å². The lowest BCUT2D eigenvalue weighted by Gasteiger charge is -2.15. The molecule has 0 aliphatic rings. The SMILES string of the molecule is CCC(C)n1nccc1NC(=O)CCc1c(C)[nH]c(=O)c(C#N)c1C. The molecule has 2 aromatic heterocycles. The number of nitrogens with zero attached hydrogens (tertiary/aromatic N) is 3. The summed E-state index contributed by atoms with van der Waals surface area (Å²) in [6, 6.07) is 3.90. The van der Waals surface area contributed by atoms with Crippen molar-refractivity contribution in [1.29, 1.82) is 5.26 Å². The lowest BCUT2D eigenvalue weighted by Crippen LogP contribution is -2.20. The van der Waals surface area contributed by atoms with Crippen LogP contribution >= 0.6 is 0 Å². The summed E-state index contributed by atoms with van der Waals surface area (Å²) in [5, 5.41) is 16.2. The van der Waals surface area contributed by atoms with Crippen molar-refractivity contribution in [2.45, 2.75) is 53.0 Å². The summed E-state index contributed by atoms with van der Waals surface area (Å²) in [7, 11) is 0. The van der Waals surface area contributed by atoms with Crippen LogP contribution in [0.4, 0.5) is 5.82 Å². The van der Waals surface area contributed by atoms with Gasteiger partial charge in [-0.15, -0.1) is 0 Å². The van der Waals surface area contributed by atoms with Crippen molar-refractivity contribution in [3.8, 4) is 6.07 Å². The number of rotatable bonds is 6. The summed E-state index contributed by atoms with van der Waals surface area (Å²) in [5.41, 5.74) is 1.89. The Hall–Kier alpha value is -2.88. The molecule has 0 aliphatic heterocycles. The number of pyridine rings is 1. The minimum Gasteiger partial charge on any atom is -0.325 e. The van der Waals surface area contributed by atoms with Gasteiger partial charge < -0.3 is 10.3 Å². The second-order valence-electron chi connectivity index (χ2n) is 6.14. The van der Waals surface area contributed by atoms with Crippen LogP contribution in [0.5, 0.6) is 0 Å². The molecule has 0 spiro atoms. The minimum atomic E-state index is -0.386. The Morgan fingerprint density at radius 1 is 1.48 bits per heavy atom. The van der Waals surface area contributed by atoms with Crippen LogP contribution in [0.3, 0.4) is 0 Å². The lowest BCUT2D eigenvalue weighted by molar-refractivity contribution is -0.116. The zero-order valence-electron chi connectivity index (χ0n) is 15.0. The van der Waals surface area contributed by atoms with Gasteiger partial charge in [0.25, 0.3) is 5.56 Å². The first-order chi connectivity index (χ1) is 11.9. The quantitative estimate of drug-likeness (QED) is 0.842. The Morgan fingerprint density at radius 3 is 2.84 bits per heavy atom. The van der Waals surface area contributed by atoms with Gasteiger partial charge >= 0.3 is 0 Å². The van der Waals surface area contributed by atoms with Gasteiger partial charge in [-0.2, -0.15) is 10.4 Å². The van der Waals surface area contributed by atoms with E-state index in [1.54, 1.807) is 30.8 Å². The summed E-state index contributed by atoms with van der Waals surface area (Å²) in [5.74, 6) is 0.542. The standard InChI is InChI=1S/C18H23N5O2/c1-5-11(2)23-16(8-9-20-23)22-17(24)7-6-14-12(3)15(10-19)18(25)21-13(14)4/h8-9,11H,5-7H2,1-4H3,(H,21,25)(H,22,24). The maximum atomic E-state index is 12.3. The van der Waals surface area contributed by atoms with E-state index >= 15 is 0 Å². The van der Waals surface area contributed by atoms with E-state index in [0.29, 0.717) is 23.5 Å². The summed E-state index contributed by atoms with van der Waals surface area (Å²) in [4.78, 5) is 26.7. The van der Waals surface area contributed by atoms with E-state index < -0.39 is 0 Å². The molecule has 2 heterocycles. The Balaban J connectivity index is 2.11. The van der Waals surface area contributed by atoms with Crippen molar-refractivity contribution >= 4 is 11.7 Å². The molecule has 0 saturated carbocycles. The van der Waals surface area contributed by atoms with Crippen molar-refractivity contribution in [3.05, 3.63) is 45.0 Å². The molecule has 7 nitrogen and oxygen atoms in total. The number of anilines is 1. The highest BCUT2D eigenvalue weighted by Gasteiger charge is 2.15. The average molecular weight is 341 g/mol. The number of aromatic nitrogens is 3. The van der Waals surface area contributed by atoms with E-state index in [0.717, 1.165) is 12.0 Å². The van der Waals surface area contributed by atoms with Crippen molar-refractivity contribution in [2.75, 3.05) is 5.32 Å². The van der Waals surface area contributed by atoms with Gasteiger partial charge in [-0.05, 0) is 44.7 Å². The number of amides is 1. The first kappa shape index (κ1) is 18.5. The molecule has 0 fully saturated rings. The Kier molecular flexibility index (Phi) is 5.75. The Bertz CT molecular complexity index is 873. The Labute approximate surface area is 146 Å². The van der Waals surface area contributed by atoms with Crippen molar-refractivity contribution in [1.82, 2.24) is 14.8 Å². The summed E-state index contributed by atoms with van der Waals surface area (Å²) in [6.07, 6.45) is 3.28. The highest BCUT2D eigenvalue weighted by atomic mass is 16.1. The van der Waals surface area contributed by atoms with Gasteiger partial charge in [-0.3, -0.25) is 9.59 Å². The molecule has 132 valence electrons. The van der Waals surface area contributed by atoms with Gasteiger partial charge in [0.1, 0.15) is 17.5 Å². The fraction of sp³-hybridized carbons (Fsp3) is 0.444. The maximum Gasteiger partial charge on any atom is 0.266 e. The topological polar surface area (TPSA) is 104 Å². The molecule has 25 heavy (non-hydrogen) atoms. The molecule has 1 unspecified atom stereocenters. The first-order valence-electron chi connectivity index (χ1n) is 8.34. The molecule has 0 saturated heterocycles. The molecule has 2 N–H and O–H groups in total. The predicted octanol–water partition coefficient (Wildman–Crippen LogP) is 2.60. The van der Waals surface area contributed by atoms with Crippen LogP contribution in [0, 0.1) is 25.2 Å². The highest BCUT2D eigenvalue weighted by Crippen LogP contribution is 2.18. The average Bonchev–Trinajstić information content (AvgIpc) is 3.02. The third kappa shape index (κ3) is 3.97. The van der Waals surface area contributed by atoms with Gasteiger partial charge in [-0.1, -0.05) is 6.92 Å². The number of aromatic amines is 1. The van der Waals surface area contributed by atoms with E-state index in [9.17, 15) is 9.59 Å². The van der Waals surface area contributed by atoms with E-state index in [2.05, 4.69) is 22.3 Å². The summed E-state index contributed by atoms with van der Waals surface area (Å²) < 4.78 is 1.79. The molecule has 0 radical (unpaired) electrons. The molecule has 0 bridgehead atoms. The van der Waals surface area contributed by atoms with Crippen LogP contribution in [-0.4, -0.2) is 20.7 Å². The lowest BCUT2D eigenvalue weighted by atomic mass is 9.99. The number of H-pyrrole nitrogens is 1. The van der Waals surface area contributed by atoms with Crippen LogP contribution in [-0.2, 0) is 11.2 Å². The van der Waals surface area contributed by atoms with Crippen LogP contribution in [0.2, 0.25) is 0 Å². The van der Waals surface area contributed by atoms with Gasteiger partial charge in [0, 0.05) is 18.2 Å². The largest absolute Gasteiger partial charge is 0.325 e. The molecule has 1 amide bonds. The monoisotopic (exact) mass is 341 g/mol. The number of hydrogen-bond donors (Lipinski definition) is 2. The molecule has 2 rings (SSSR count). The fourth-order valence-corrected chi connectivity index (χ4v) is 2.80. The molecular formula is C18H23N5O2. The number of aryl methyl sites for hydroxylation is 1. The molecule has 0 aliphatic carbocycles. The van der Waals surface area contributed by atoms with Crippen molar-refractivity contribution < 1.29 is 4.79 Å². The molecule has 2 aromatic rings. The van der Waals surface area contributed by atoms with Crippen LogP contribution in [0.1, 0.15) is 55.1 Å². The number of nitriles is 1. The Morgan fingerprint density at radius 2 is 2.20 bits per heavy atom. The third-order valence-corrected chi connectivity index (χ3v) is 4.47. The van der Waals surface area contributed by atoms with Gasteiger partial charge in [0.2, 0.25) is 5.91 Å². The molecule has 0 aromatic carbocycles. The highest BCUT2D eigenvalue weighted by molar-refractivity contribution is 5.90. The van der Waals surface area contributed by atoms with E-state index in [4.69, 9.17) is 5.26 Å². The molecule has 7 heteroatoms. The number of carbonyl (C=O) groups is 1. The summed E-state index contributed by atoms with van der Waals surface area (Å²) >= 11 is 0. The van der Waals surface area contributed by atoms with E-state index in [1.807, 2.05) is 13.0 Å². The van der Waals surface area contributed by atoms with Crippen LogP contribution < -0.4 is 10.9 Å². The normalized spacial score (nSPS) is 11.8. The van der Waals surface area contributed by atoms with Crippen LogP contribution in [0.15, 0.2) is 17.1 Å². The second-order valence-corrected chi connectivity index (χ2v) is 6.14. The number of carbonyl (C=O) groups excluding carboxylic acids is 1. The molecule has 1 atom stereocenters. The van der Waals surface area contributed by atoms with Crippen LogP contribution in [0.25, 0.3) is 0 Å². The third-order valence-electron chi connectivity index (χ3n) is 4.47. The fourth-order valence-electron chi connectivity index (χ4n) is 2.80. The van der Waals surface area contributed by atoms with E-state index in [1.165, 1.54) is 0 Å². The number of hydrogen-bond acceptors (Lipinski definition) is 4.